The Bertz CT molecular complexity index is 920. The largest absolute Gasteiger partial charge is 0.490 e. The van der Waals surface area contributed by atoms with Crippen LogP contribution in [0.4, 0.5) is 4.39 Å². The minimum atomic E-state index is -0.313. The fraction of sp³-hybridized carbons (Fsp3) is 0.364. The van der Waals surface area contributed by atoms with Gasteiger partial charge in [0.2, 0.25) is 0 Å². The highest BCUT2D eigenvalue weighted by Gasteiger charge is 2.15. The highest BCUT2D eigenvalue weighted by atomic mass is 127. The molecule has 0 radical (unpaired) electrons. The lowest BCUT2D eigenvalue weighted by Crippen LogP contribution is -2.42. The van der Waals surface area contributed by atoms with Crippen molar-refractivity contribution in [2.45, 2.75) is 13.5 Å². The van der Waals surface area contributed by atoms with Gasteiger partial charge >= 0.3 is 0 Å². The van der Waals surface area contributed by atoms with Gasteiger partial charge in [-0.1, -0.05) is 18.2 Å². The van der Waals surface area contributed by atoms with Gasteiger partial charge < -0.3 is 14.2 Å². The van der Waals surface area contributed by atoms with E-state index in [-0.39, 0.29) is 24.9 Å². The number of hydrazone groups is 1. The van der Waals surface area contributed by atoms with Crippen LogP contribution >= 0.6 is 22.6 Å². The van der Waals surface area contributed by atoms with Crippen LogP contribution in [0.3, 0.4) is 0 Å². The summed E-state index contributed by atoms with van der Waals surface area (Å²) in [7, 11) is 0. The predicted octanol–water partition coefficient (Wildman–Crippen LogP) is 3.19. The number of ether oxygens (including phenoxy) is 3. The molecule has 0 saturated carbocycles. The van der Waals surface area contributed by atoms with Gasteiger partial charge in [0.1, 0.15) is 12.4 Å². The maximum absolute atomic E-state index is 13.9. The second-order valence-electron chi connectivity index (χ2n) is 6.82. The quantitative estimate of drug-likeness (QED) is 0.300. The molecular formula is C22H25FIN3O4. The molecule has 0 atom stereocenters. The van der Waals surface area contributed by atoms with Crippen molar-refractivity contribution < 1.29 is 23.4 Å². The number of rotatable bonds is 9. The van der Waals surface area contributed by atoms with E-state index in [0.717, 1.165) is 22.2 Å². The van der Waals surface area contributed by atoms with Crippen molar-refractivity contribution >= 4 is 34.7 Å². The average molecular weight is 541 g/mol. The van der Waals surface area contributed by atoms with E-state index in [1.54, 1.807) is 30.5 Å². The molecule has 7 nitrogen and oxygen atoms in total. The number of amides is 1. The maximum Gasteiger partial charge on any atom is 0.254 e. The van der Waals surface area contributed by atoms with E-state index in [2.05, 4.69) is 33.1 Å². The first-order valence-electron chi connectivity index (χ1n) is 10.0. The number of nitrogens with one attached hydrogen (secondary N) is 1. The van der Waals surface area contributed by atoms with E-state index in [4.69, 9.17) is 14.2 Å². The van der Waals surface area contributed by atoms with Crippen molar-refractivity contribution in [2.24, 2.45) is 5.10 Å². The number of morpholine rings is 1. The molecule has 1 fully saturated rings. The number of nitrogens with zero attached hydrogens (tertiary/aromatic N) is 2. The Morgan fingerprint density at radius 3 is 2.81 bits per heavy atom. The molecule has 0 aliphatic carbocycles. The predicted molar refractivity (Wildman–Crippen MR) is 124 cm³/mol. The minimum absolute atomic E-state index is 0.0911. The number of carbonyl (C=O) groups excluding carboxylic acids is 1. The van der Waals surface area contributed by atoms with Crippen LogP contribution in [0.2, 0.25) is 0 Å². The number of carbonyl (C=O) groups is 1. The van der Waals surface area contributed by atoms with Crippen molar-refractivity contribution in [3.63, 3.8) is 0 Å². The highest BCUT2D eigenvalue weighted by molar-refractivity contribution is 14.1. The zero-order valence-corrected chi connectivity index (χ0v) is 19.4. The van der Waals surface area contributed by atoms with Gasteiger partial charge in [-0.15, -0.1) is 0 Å². The number of benzene rings is 2. The van der Waals surface area contributed by atoms with Crippen LogP contribution in [0.15, 0.2) is 41.5 Å². The molecular weight excluding hydrogens is 516 g/mol. The SMILES string of the molecule is CCOc1cc(/C=N/NC(=O)CN2CCOCC2)cc(I)c1OCc1ccccc1F. The molecule has 0 unspecified atom stereocenters. The van der Waals surface area contributed by atoms with E-state index in [1.807, 2.05) is 17.9 Å². The first-order valence-corrected chi connectivity index (χ1v) is 11.1. The van der Waals surface area contributed by atoms with Gasteiger partial charge in [-0.3, -0.25) is 9.69 Å². The van der Waals surface area contributed by atoms with Crippen LogP contribution < -0.4 is 14.9 Å². The summed E-state index contributed by atoms with van der Waals surface area (Å²) in [5.41, 5.74) is 3.76. The topological polar surface area (TPSA) is 72.4 Å². The van der Waals surface area contributed by atoms with Crippen molar-refractivity contribution in [2.75, 3.05) is 39.5 Å². The van der Waals surface area contributed by atoms with Gasteiger partial charge in [0, 0.05) is 18.7 Å². The van der Waals surface area contributed by atoms with Crippen LogP contribution in [0.5, 0.6) is 11.5 Å². The fourth-order valence-corrected chi connectivity index (χ4v) is 3.79. The molecule has 1 aliphatic heterocycles. The molecule has 1 N–H and O–H groups in total. The Balaban J connectivity index is 1.63. The smallest absolute Gasteiger partial charge is 0.254 e. The second kappa shape index (κ2) is 12.0. The van der Waals surface area contributed by atoms with Crippen LogP contribution in [0.1, 0.15) is 18.1 Å². The van der Waals surface area contributed by atoms with Crippen molar-refractivity contribution in [3.05, 3.63) is 56.9 Å². The van der Waals surface area contributed by atoms with Crippen LogP contribution in [-0.4, -0.2) is 56.5 Å². The molecule has 1 aliphatic rings. The molecule has 2 aromatic rings. The molecule has 1 heterocycles. The van der Waals surface area contributed by atoms with Crippen LogP contribution in [0, 0.1) is 9.39 Å². The van der Waals surface area contributed by atoms with E-state index >= 15 is 0 Å². The third-order valence-electron chi connectivity index (χ3n) is 4.54. The Labute approximate surface area is 194 Å². The highest BCUT2D eigenvalue weighted by Crippen LogP contribution is 2.34. The zero-order valence-electron chi connectivity index (χ0n) is 17.3. The van der Waals surface area contributed by atoms with Gasteiger partial charge in [0.25, 0.3) is 5.91 Å². The fourth-order valence-electron chi connectivity index (χ4n) is 3.01. The molecule has 0 spiro atoms. The summed E-state index contributed by atoms with van der Waals surface area (Å²) < 4.78 is 31.5. The summed E-state index contributed by atoms with van der Waals surface area (Å²) in [5, 5.41) is 4.05. The third-order valence-corrected chi connectivity index (χ3v) is 5.34. The lowest BCUT2D eigenvalue weighted by molar-refractivity contribution is -0.123. The summed E-state index contributed by atoms with van der Waals surface area (Å²) in [6.45, 7) is 5.45. The second-order valence-corrected chi connectivity index (χ2v) is 7.99. The lowest BCUT2D eigenvalue weighted by Gasteiger charge is -2.25. The first kappa shape index (κ1) is 23.4. The molecule has 2 aromatic carbocycles. The Morgan fingerprint density at radius 2 is 2.06 bits per heavy atom. The molecule has 31 heavy (non-hydrogen) atoms. The zero-order chi connectivity index (χ0) is 22.1. The summed E-state index contributed by atoms with van der Waals surface area (Å²) in [6.07, 6.45) is 1.56. The molecule has 0 bridgehead atoms. The van der Waals surface area contributed by atoms with Gasteiger partial charge in [-0.2, -0.15) is 5.10 Å². The Hall–Kier alpha value is -2.24. The first-order chi connectivity index (χ1) is 15.1. The van der Waals surface area contributed by atoms with E-state index in [1.165, 1.54) is 6.07 Å². The monoisotopic (exact) mass is 541 g/mol. The van der Waals surface area contributed by atoms with Gasteiger partial charge in [0.05, 0.1) is 36.2 Å². The van der Waals surface area contributed by atoms with Crippen molar-refractivity contribution in [3.8, 4) is 11.5 Å². The molecule has 3 rings (SSSR count). The van der Waals surface area contributed by atoms with Crippen molar-refractivity contribution in [1.29, 1.82) is 0 Å². The Morgan fingerprint density at radius 1 is 1.29 bits per heavy atom. The standard InChI is InChI=1S/C22H25FIN3O4/c1-2-30-20-12-16(13-25-26-21(28)14-27-7-9-29-10-8-27)11-19(24)22(20)31-15-17-5-3-4-6-18(17)23/h3-6,11-13H,2,7-10,14-15H2,1H3,(H,26,28)/b25-13+. The number of hydrogen-bond acceptors (Lipinski definition) is 6. The molecule has 1 amide bonds. The number of hydrogen-bond donors (Lipinski definition) is 1. The Kier molecular flexibility index (Phi) is 9.04. The van der Waals surface area contributed by atoms with Crippen LogP contribution in [0.25, 0.3) is 0 Å². The molecule has 166 valence electrons. The van der Waals surface area contributed by atoms with E-state index in [9.17, 15) is 9.18 Å². The average Bonchev–Trinajstić information content (AvgIpc) is 2.75. The van der Waals surface area contributed by atoms with Crippen LogP contribution in [-0.2, 0) is 16.1 Å². The molecule has 9 heteroatoms. The van der Waals surface area contributed by atoms with Gasteiger partial charge in [0.15, 0.2) is 11.5 Å². The summed E-state index contributed by atoms with van der Waals surface area (Å²) >= 11 is 2.14. The normalized spacial score (nSPS) is 14.5. The maximum atomic E-state index is 13.9. The van der Waals surface area contributed by atoms with Crippen molar-refractivity contribution in [1.82, 2.24) is 10.3 Å². The summed E-state index contributed by atoms with van der Waals surface area (Å²) in [6, 6.07) is 10.1. The lowest BCUT2D eigenvalue weighted by atomic mass is 10.2. The van der Waals surface area contributed by atoms with Gasteiger partial charge in [-0.25, -0.2) is 9.82 Å². The van der Waals surface area contributed by atoms with E-state index in [0.29, 0.717) is 36.9 Å². The summed E-state index contributed by atoms with van der Waals surface area (Å²) in [4.78, 5) is 14.1. The summed E-state index contributed by atoms with van der Waals surface area (Å²) in [5.74, 6) is 0.584. The minimum Gasteiger partial charge on any atom is -0.490 e. The molecule has 1 saturated heterocycles. The third kappa shape index (κ3) is 7.15. The van der Waals surface area contributed by atoms with E-state index < -0.39 is 0 Å². The number of halogens is 2. The van der Waals surface area contributed by atoms with Gasteiger partial charge in [-0.05, 0) is 53.3 Å². The molecule has 0 aromatic heterocycles.